The number of aromatic nitrogens is 2. The van der Waals surface area contributed by atoms with Crippen molar-refractivity contribution in [3.8, 4) is 11.3 Å². The smallest absolute Gasteiger partial charge is 0.234 e. The van der Waals surface area contributed by atoms with Crippen molar-refractivity contribution in [3.63, 3.8) is 0 Å². The molecule has 1 heterocycles. The highest BCUT2D eigenvalue weighted by Crippen LogP contribution is 2.31. The van der Waals surface area contributed by atoms with E-state index >= 15 is 0 Å². The molecular weight excluding hydrogens is 411 g/mol. The first-order valence-electron chi connectivity index (χ1n) is 8.90. The van der Waals surface area contributed by atoms with Crippen LogP contribution in [0, 0.1) is 17.5 Å². The molecule has 0 saturated carbocycles. The van der Waals surface area contributed by atoms with E-state index in [1.165, 1.54) is 12.1 Å². The summed E-state index contributed by atoms with van der Waals surface area (Å²) in [4.78, 5) is 12.2. The fraction of sp³-hybridized carbons (Fsp3) is 0.0455. The maximum absolute atomic E-state index is 13.3. The number of hydrogen-bond acceptors (Lipinski definition) is 4. The molecule has 0 fully saturated rings. The van der Waals surface area contributed by atoms with Crippen LogP contribution < -0.4 is 5.32 Å². The minimum Gasteiger partial charge on any atom is -0.325 e. The highest BCUT2D eigenvalue weighted by Gasteiger charge is 2.13. The van der Waals surface area contributed by atoms with Gasteiger partial charge in [-0.2, -0.15) is 0 Å². The van der Waals surface area contributed by atoms with Crippen molar-refractivity contribution in [3.05, 3.63) is 84.2 Å². The van der Waals surface area contributed by atoms with Gasteiger partial charge in [0.05, 0.1) is 5.75 Å². The summed E-state index contributed by atoms with van der Waals surface area (Å²) in [7, 11) is 0. The molecule has 8 heteroatoms. The minimum atomic E-state index is -0.772. The lowest BCUT2D eigenvalue weighted by molar-refractivity contribution is -0.113. The number of thioether (sulfide) groups is 1. The largest absolute Gasteiger partial charge is 0.325 e. The van der Waals surface area contributed by atoms with Gasteiger partial charge in [0.15, 0.2) is 0 Å². The Morgan fingerprint density at radius 2 is 1.50 bits per heavy atom. The fourth-order valence-electron chi connectivity index (χ4n) is 2.96. The van der Waals surface area contributed by atoms with Gasteiger partial charge in [0, 0.05) is 28.1 Å². The maximum Gasteiger partial charge on any atom is 0.234 e. The average molecular weight is 425 g/mol. The number of nitrogens with one attached hydrogen (secondary N) is 1. The summed E-state index contributed by atoms with van der Waals surface area (Å²) < 4.78 is 39.8. The standard InChI is InChI=1S/C22H14F3N3OS/c23-14-7-5-13(6-8-14)21-18-3-1-2-4-19(18)22(28-27-21)30-12-20(29)26-17-10-15(24)9-16(25)11-17/h1-11H,12H2,(H,26,29). The van der Waals surface area contributed by atoms with E-state index in [-0.39, 0.29) is 17.3 Å². The van der Waals surface area contributed by atoms with E-state index in [4.69, 9.17) is 0 Å². The van der Waals surface area contributed by atoms with E-state index in [2.05, 4.69) is 15.5 Å². The second-order valence-electron chi connectivity index (χ2n) is 6.40. The first-order chi connectivity index (χ1) is 14.5. The molecule has 0 aliphatic heterocycles. The number of fused-ring (bicyclic) bond motifs is 1. The molecule has 0 saturated heterocycles. The summed E-state index contributed by atoms with van der Waals surface area (Å²) in [5.41, 5.74) is 1.37. The zero-order chi connectivity index (χ0) is 21.1. The van der Waals surface area contributed by atoms with Crippen molar-refractivity contribution < 1.29 is 18.0 Å². The van der Waals surface area contributed by atoms with Gasteiger partial charge in [-0.15, -0.1) is 10.2 Å². The number of halogens is 3. The molecule has 1 N–H and O–H groups in total. The molecule has 0 aliphatic carbocycles. The lowest BCUT2D eigenvalue weighted by Crippen LogP contribution is -2.14. The van der Waals surface area contributed by atoms with E-state index in [9.17, 15) is 18.0 Å². The third-order valence-electron chi connectivity index (χ3n) is 4.26. The summed E-state index contributed by atoms with van der Waals surface area (Å²) in [5, 5.41) is 13.1. The zero-order valence-electron chi connectivity index (χ0n) is 15.4. The van der Waals surface area contributed by atoms with Crippen LogP contribution in [-0.4, -0.2) is 21.9 Å². The van der Waals surface area contributed by atoms with Gasteiger partial charge in [-0.05, 0) is 36.4 Å². The minimum absolute atomic E-state index is 0.0211. The molecule has 3 aromatic carbocycles. The molecule has 150 valence electrons. The Labute approximate surface area is 174 Å². The quantitative estimate of drug-likeness (QED) is 0.433. The molecule has 4 rings (SSSR count). The Balaban J connectivity index is 1.55. The monoisotopic (exact) mass is 425 g/mol. The second-order valence-corrected chi connectivity index (χ2v) is 7.37. The number of carbonyl (C=O) groups excluding carboxylic acids is 1. The van der Waals surface area contributed by atoms with Gasteiger partial charge in [-0.1, -0.05) is 36.0 Å². The molecule has 4 nitrogen and oxygen atoms in total. The van der Waals surface area contributed by atoms with Gasteiger partial charge in [0.25, 0.3) is 0 Å². The lowest BCUT2D eigenvalue weighted by Gasteiger charge is -2.09. The number of benzene rings is 3. The number of carbonyl (C=O) groups is 1. The van der Waals surface area contributed by atoms with Crippen molar-refractivity contribution in [1.29, 1.82) is 0 Å². The predicted molar refractivity (Wildman–Crippen MR) is 111 cm³/mol. The third kappa shape index (κ3) is 4.44. The number of anilines is 1. The molecule has 1 aromatic heterocycles. The summed E-state index contributed by atoms with van der Waals surface area (Å²) in [6, 6.07) is 16.2. The van der Waals surface area contributed by atoms with Gasteiger partial charge in [0.2, 0.25) is 5.91 Å². The highest BCUT2D eigenvalue weighted by molar-refractivity contribution is 8.00. The molecule has 0 radical (unpaired) electrons. The molecular formula is C22H14F3N3OS. The van der Waals surface area contributed by atoms with Crippen LogP contribution in [0.15, 0.2) is 71.8 Å². The summed E-state index contributed by atoms with van der Waals surface area (Å²) in [6.45, 7) is 0. The van der Waals surface area contributed by atoms with Gasteiger partial charge < -0.3 is 5.32 Å². The zero-order valence-corrected chi connectivity index (χ0v) is 16.2. The Morgan fingerprint density at radius 3 is 2.20 bits per heavy atom. The molecule has 0 bridgehead atoms. The highest BCUT2D eigenvalue weighted by atomic mass is 32.2. The summed E-state index contributed by atoms with van der Waals surface area (Å²) in [6.07, 6.45) is 0. The van der Waals surface area contributed by atoms with E-state index < -0.39 is 17.5 Å². The van der Waals surface area contributed by atoms with Gasteiger partial charge in [-0.3, -0.25) is 4.79 Å². The number of nitrogens with zero attached hydrogens (tertiary/aromatic N) is 2. The molecule has 0 aliphatic rings. The van der Waals surface area contributed by atoms with Crippen molar-refractivity contribution in [2.75, 3.05) is 11.1 Å². The second kappa shape index (κ2) is 8.54. The van der Waals surface area contributed by atoms with Crippen LogP contribution in [0.4, 0.5) is 18.9 Å². The van der Waals surface area contributed by atoms with Crippen LogP contribution in [0.1, 0.15) is 0 Å². The van der Waals surface area contributed by atoms with Crippen molar-refractivity contribution in [2.24, 2.45) is 0 Å². The Hall–Kier alpha value is -3.39. The van der Waals surface area contributed by atoms with Crippen molar-refractivity contribution in [1.82, 2.24) is 10.2 Å². The van der Waals surface area contributed by atoms with Crippen LogP contribution >= 0.6 is 11.8 Å². The molecule has 0 unspecified atom stereocenters. The average Bonchev–Trinajstić information content (AvgIpc) is 2.72. The van der Waals surface area contributed by atoms with E-state index in [0.29, 0.717) is 10.7 Å². The molecule has 1 amide bonds. The number of rotatable bonds is 5. The van der Waals surface area contributed by atoms with E-state index in [1.807, 2.05) is 24.3 Å². The van der Waals surface area contributed by atoms with Gasteiger partial charge in [-0.25, -0.2) is 13.2 Å². The number of hydrogen-bond donors (Lipinski definition) is 1. The third-order valence-corrected chi connectivity index (χ3v) is 5.24. The lowest BCUT2D eigenvalue weighted by atomic mass is 10.1. The molecule has 0 spiro atoms. The molecule has 30 heavy (non-hydrogen) atoms. The van der Waals surface area contributed by atoms with Crippen molar-refractivity contribution >= 4 is 34.1 Å². The van der Waals surface area contributed by atoms with Crippen LogP contribution in [0.5, 0.6) is 0 Å². The van der Waals surface area contributed by atoms with E-state index in [1.54, 1.807) is 12.1 Å². The first-order valence-corrected chi connectivity index (χ1v) is 9.88. The Kier molecular flexibility index (Phi) is 5.67. The van der Waals surface area contributed by atoms with Crippen molar-refractivity contribution in [2.45, 2.75) is 5.03 Å². The topological polar surface area (TPSA) is 54.9 Å². The normalized spacial score (nSPS) is 10.9. The molecule has 0 atom stereocenters. The van der Waals surface area contributed by atoms with Crippen LogP contribution in [0.2, 0.25) is 0 Å². The van der Waals surface area contributed by atoms with Crippen LogP contribution in [0.25, 0.3) is 22.0 Å². The molecule has 4 aromatic rings. The summed E-state index contributed by atoms with van der Waals surface area (Å²) in [5.74, 6) is -2.34. The Bertz CT molecular complexity index is 1210. The fourth-order valence-corrected chi connectivity index (χ4v) is 3.74. The SMILES string of the molecule is O=C(CSc1nnc(-c2ccc(F)cc2)c2ccccc12)Nc1cc(F)cc(F)c1. The predicted octanol–water partition coefficient (Wildman–Crippen LogP) is 5.44. The van der Waals surface area contributed by atoms with E-state index in [0.717, 1.165) is 46.3 Å². The van der Waals surface area contributed by atoms with Crippen LogP contribution in [0.3, 0.4) is 0 Å². The Morgan fingerprint density at radius 1 is 0.833 bits per heavy atom. The van der Waals surface area contributed by atoms with Gasteiger partial charge >= 0.3 is 0 Å². The maximum atomic E-state index is 13.3. The van der Waals surface area contributed by atoms with Gasteiger partial charge in [0.1, 0.15) is 28.2 Å². The summed E-state index contributed by atoms with van der Waals surface area (Å²) >= 11 is 1.16. The number of amides is 1. The first kappa shape index (κ1) is 19.9. The van der Waals surface area contributed by atoms with Crippen LogP contribution in [-0.2, 0) is 4.79 Å².